The lowest BCUT2D eigenvalue weighted by atomic mass is 9.95. The molecule has 118 valence electrons. The van der Waals surface area contributed by atoms with Crippen LogP contribution in [0, 0.1) is 5.82 Å². The standard InChI is InChI=1S/C16H19FN2O2S/c1-19(22(2)21)16-14(20)8-11-4-3-10(7-13(11)15(16)17)12-5-6-18-9-12/h3-4,7-8,12,18,20H,5-6,9H2,1-2H3. The lowest BCUT2D eigenvalue weighted by molar-refractivity contribution is 0.472. The van der Waals surface area contributed by atoms with Crippen LogP contribution in [0.15, 0.2) is 24.3 Å². The first-order valence-corrected chi connectivity index (χ1v) is 8.73. The lowest BCUT2D eigenvalue weighted by Gasteiger charge is -2.19. The maximum absolute atomic E-state index is 14.9. The Hall–Kier alpha value is -1.66. The number of phenols is 1. The molecule has 0 aliphatic carbocycles. The molecule has 3 rings (SSSR count). The zero-order valence-electron chi connectivity index (χ0n) is 12.6. The highest BCUT2D eigenvalue weighted by atomic mass is 32.2. The van der Waals surface area contributed by atoms with Gasteiger partial charge in [-0.25, -0.2) is 8.60 Å². The van der Waals surface area contributed by atoms with Gasteiger partial charge >= 0.3 is 0 Å². The summed E-state index contributed by atoms with van der Waals surface area (Å²) in [6.45, 7) is 1.88. The van der Waals surface area contributed by atoms with Crippen LogP contribution in [0.5, 0.6) is 5.75 Å². The van der Waals surface area contributed by atoms with E-state index in [1.165, 1.54) is 23.7 Å². The van der Waals surface area contributed by atoms with Crippen LogP contribution in [0.2, 0.25) is 0 Å². The number of hydrogen-bond donors (Lipinski definition) is 2. The summed E-state index contributed by atoms with van der Waals surface area (Å²) in [4.78, 5) is 0. The number of phenolic OH excluding ortho intramolecular Hbond substituents is 1. The van der Waals surface area contributed by atoms with E-state index in [9.17, 15) is 13.7 Å². The number of halogens is 1. The molecule has 0 aromatic heterocycles. The second kappa shape index (κ2) is 5.85. The third-order valence-corrected chi connectivity index (χ3v) is 5.24. The molecule has 1 aliphatic heterocycles. The lowest BCUT2D eigenvalue weighted by Crippen LogP contribution is -2.20. The van der Waals surface area contributed by atoms with Crippen LogP contribution in [-0.4, -0.2) is 35.7 Å². The van der Waals surface area contributed by atoms with Crippen molar-refractivity contribution in [2.75, 3.05) is 30.7 Å². The van der Waals surface area contributed by atoms with Gasteiger partial charge in [-0.15, -0.1) is 0 Å². The topological polar surface area (TPSA) is 52.6 Å². The largest absolute Gasteiger partial charge is 0.506 e. The first-order chi connectivity index (χ1) is 10.5. The van der Waals surface area contributed by atoms with Gasteiger partial charge in [-0.1, -0.05) is 12.1 Å². The molecule has 2 aromatic rings. The van der Waals surface area contributed by atoms with Gasteiger partial charge in [0.25, 0.3) is 0 Å². The highest BCUT2D eigenvalue weighted by Gasteiger charge is 2.21. The number of aromatic hydroxyl groups is 1. The summed E-state index contributed by atoms with van der Waals surface area (Å²) in [7, 11) is 0.0960. The maximum Gasteiger partial charge on any atom is 0.159 e. The quantitative estimate of drug-likeness (QED) is 0.913. The molecule has 6 heteroatoms. The fourth-order valence-electron chi connectivity index (χ4n) is 2.97. The predicted octanol–water partition coefficient (Wildman–Crippen LogP) is 2.49. The Labute approximate surface area is 131 Å². The van der Waals surface area contributed by atoms with E-state index in [-0.39, 0.29) is 11.4 Å². The summed E-state index contributed by atoms with van der Waals surface area (Å²) in [5, 5.41) is 14.5. The molecule has 2 N–H and O–H groups in total. The first-order valence-electron chi connectivity index (χ1n) is 7.22. The van der Waals surface area contributed by atoms with E-state index in [0.717, 1.165) is 25.1 Å². The van der Waals surface area contributed by atoms with Crippen LogP contribution in [0.25, 0.3) is 10.8 Å². The van der Waals surface area contributed by atoms with E-state index in [1.807, 2.05) is 18.2 Å². The van der Waals surface area contributed by atoms with E-state index in [2.05, 4.69) is 5.32 Å². The van der Waals surface area contributed by atoms with Gasteiger partial charge < -0.3 is 10.4 Å². The summed E-state index contributed by atoms with van der Waals surface area (Å²) in [5.74, 6) is -0.336. The zero-order chi connectivity index (χ0) is 15.9. The highest BCUT2D eigenvalue weighted by molar-refractivity contribution is 7.85. The van der Waals surface area contributed by atoms with Crippen molar-refractivity contribution < 1.29 is 13.7 Å². The van der Waals surface area contributed by atoms with Crippen LogP contribution in [0.1, 0.15) is 17.9 Å². The van der Waals surface area contributed by atoms with Crippen molar-refractivity contribution in [1.29, 1.82) is 0 Å². The third kappa shape index (κ3) is 2.57. The fourth-order valence-corrected chi connectivity index (χ4v) is 3.40. The van der Waals surface area contributed by atoms with Crippen molar-refractivity contribution in [3.63, 3.8) is 0 Å². The number of nitrogens with one attached hydrogen (secondary N) is 1. The fraction of sp³-hybridized carbons (Fsp3) is 0.375. The molecule has 0 bridgehead atoms. The van der Waals surface area contributed by atoms with Crippen LogP contribution >= 0.6 is 0 Å². The molecule has 1 aliphatic rings. The molecule has 4 nitrogen and oxygen atoms in total. The Kier molecular flexibility index (Phi) is 4.06. The number of rotatable bonds is 3. The van der Waals surface area contributed by atoms with Gasteiger partial charge in [-0.3, -0.25) is 4.31 Å². The molecule has 1 saturated heterocycles. The summed E-state index contributed by atoms with van der Waals surface area (Å²) < 4.78 is 27.7. The van der Waals surface area contributed by atoms with Crippen LogP contribution < -0.4 is 9.62 Å². The zero-order valence-corrected chi connectivity index (χ0v) is 13.4. The van der Waals surface area contributed by atoms with E-state index in [4.69, 9.17) is 0 Å². The Morgan fingerprint density at radius 1 is 1.41 bits per heavy atom. The van der Waals surface area contributed by atoms with Crippen molar-refractivity contribution in [2.45, 2.75) is 12.3 Å². The minimum absolute atomic E-state index is 0.0185. The number of anilines is 1. The average molecular weight is 322 g/mol. The Morgan fingerprint density at radius 2 is 2.18 bits per heavy atom. The summed E-state index contributed by atoms with van der Waals surface area (Å²) in [6.07, 6.45) is 2.49. The predicted molar refractivity (Wildman–Crippen MR) is 88.3 cm³/mol. The maximum atomic E-state index is 14.9. The van der Waals surface area contributed by atoms with E-state index < -0.39 is 16.8 Å². The first kappa shape index (κ1) is 15.2. The average Bonchev–Trinajstić information content (AvgIpc) is 3.01. The van der Waals surface area contributed by atoms with Crippen molar-refractivity contribution in [3.05, 3.63) is 35.6 Å². The second-order valence-electron chi connectivity index (χ2n) is 5.65. The van der Waals surface area contributed by atoms with Crippen LogP contribution in [0.4, 0.5) is 10.1 Å². The van der Waals surface area contributed by atoms with Crippen molar-refractivity contribution in [3.8, 4) is 5.75 Å². The van der Waals surface area contributed by atoms with Gasteiger partial charge in [-0.2, -0.15) is 0 Å². The van der Waals surface area contributed by atoms with Gasteiger partial charge in [0.05, 0.1) is 0 Å². The molecule has 1 heterocycles. The van der Waals surface area contributed by atoms with Crippen molar-refractivity contribution in [2.24, 2.45) is 0 Å². The van der Waals surface area contributed by atoms with Crippen LogP contribution in [0.3, 0.4) is 0 Å². The molecule has 0 saturated carbocycles. The molecule has 2 aromatic carbocycles. The Balaban J connectivity index is 2.16. The molecule has 1 fully saturated rings. The van der Waals surface area contributed by atoms with Gasteiger partial charge in [0.1, 0.15) is 22.4 Å². The smallest absolute Gasteiger partial charge is 0.159 e. The molecular formula is C16H19FN2O2S. The Morgan fingerprint density at radius 3 is 2.82 bits per heavy atom. The Bertz CT molecular complexity index is 744. The van der Waals surface area contributed by atoms with E-state index in [0.29, 0.717) is 16.7 Å². The molecule has 0 spiro atoms. The summed E-state index contributed by atoms with van der Waals surface area (Å²) >= 11 is 0. The number of fused-ring (bicyclic) bond motifs is 1. The SMILES string of the molecule is CN(c1c(O)cc2ccc(C3CCNC3)cc2c1F)S(C)=O. The normalized spacial score (nSPS) is 19.5. The molecule has 0 amide bonds. The summed E-state index contributed by atoms with van der Waals surface area (Å²) in [5.41, 5.74) is 1.07. The van der Waals surface area contributed by atoms with Crippen molar-refractivity contribution in [1.82, 2.24) is 5.32 Å². The minimum Gasteiger partial charge on any atom is -0.506 e. The van der Waals surface area contributed by atoms with Gasteiger partial charge in [0.2, 0.25) is 0 Å². The molecule has 22 heavy (non-hydrogen) atoms. The van der Waals surface area contributed by atoms with Crippen molar-refractivity contribution >= 4 is 27.4 Å². The van der Waals surface area contributed by atoms with E-state index >= 15 is 0 Å². The van der Waals surface area contributed by atoms with E-state index in [1.54, 1.807) is 0 Å². The van der Waals surface area contributed by atoms with Gasteiger partial charge in [0, 0.05) is 25.2 Å². The molecule has 2 unspecified atom stereocenters. The molecule has 0 radical (unpaired) electrons. The van der Waals surface area contributed by atoms with Crippen LogP contribution in [-0.2, 0) is 11.0 Å². The number of nitrogens with zero attached hydrogens (tertiary/aromatic N) is 1. The van der Waals surface area contributed by atoms with Gasteiger partial charge in [0.15, 0.2) is 5.82 Å². The molecule has 2 atom stereocenters. The third-order valence-electron chi connectivity index (χ3n) is 4.29. The molecular weight excluding hydrogens is 303 g/mol. The minimum atomic E-state index is -1.41. The number of hydrogen-bond acceptors (Lipinski definition) is 3. The monoisotopic (exact) mass is 322 g/mol. The number of benzene rings is 2. The summed E-state index contributed by atoms with van der Waals surface area (Å²) in [6, 6.07) is 7.18. The highest BCUT2D eigenvalue weighted by Crippen LogP contribution is 2.37. The van der Waals surface area contributed by atoms with Gasteiger partial charge in [-0.05, 0) is 42.0 Å². The second-order valence-corrected chi connectivity index (χ2v) is 7.05.